The Balaban J connectivity index is 1.51. The second-order valence-electron chi connectivity index (χ2n) is 6.04. The van der Waals surface area contributed by atoms with Crippen molar-refractivity contribution in [3.05, 3.63) is 0 Å². The third-order valence-corrected chi connectivity index (χ3v) is 5.11. The largest absolute Gasteiger partial charge is 0.354 e. The van der Waals surface area contributed by atoms with Crippen molar-refractivity contribution < 1.29 is 14.4 Å². The molecule has 2 aliphatic rings. The van der Waals surface area contributed by atoms with Crippen LogP contribution in [0.5, 0.6) is 0 Å². The summed E-state index contributed by atoms with van der Waals surface area (Å²) in [6.45, 7) is 1.66. The lowest BCUT2D eigenvalue weighted by Gasteiger charge is -2.23. The van der Waals surface area contributed by atoms with Crippen molar-refractivity contribution in [1.82, 2.24) is 20.7 Å². The molecule has 2 N–H and O–H groups in total. The average Bonchev–Trinajstić information content (AvgIpc) is 3.11. The van der Waals surface area contributed by atoms with Crippen molar-refractivity contribution in [2.45, 2.75) is 38.1 Å². The Morgan fingerprint density at radius 3 is 2.57 bits per heavy atom. The molecule has 0 aromatic rings. The van der Waals surface area contributed by atoms with Gasteiger partial charge >= 0.3 is 0 Å². The van der Waals surface area contributed by atoms with E-state index in [0.29, 0.717) is 31.3 Å². The van der Waals surface area contributed by atoms with Gasteiger partial charge in [-0.05, 0) is 12.8 Å². The van der Waals surface area contributed by atoms with Crippen molar-refractivity contribution in [1.29, 1.82) is 0 Å². The first-order valence-corrected chi connectivity index (χ1v) is 9.37. The first-order chi connectivity index (χ1) is 11.1. The molecule has 0 aromatic heterocycles. The number of thioether (sulfide) groups is 1. The number of carbonyl (C=O) groups is 3. The number of hydrazine groups is 1. The second-order valence-corrected chi connectivity index (χ2v) is 7.03. The molecule has 130 valence electrons. The van der Waals surface area contributed by atoms with E-state index in [1.54, 1.807) is 5.01 Å². The minimum Gasteiger partial charge on any atom is -0.354 e. The number of hydrogen-bond acceptors (Lipinski definition) is 5. The molecule has 1 saturated heterocycles. The van der Waals surface area contributed by atoms with Crippen molar-refractivity contribution in [2.75, 3.05) is 38.2 Å². The molecule has 0 unspecified atom stereocenters. The van der Waals surface area contributed by atoms with Gasteiger partial charge in [0.1, 0.15) is 0 Å². The lowest BCUT2D eigenvalue weighted by atomic mass is 10.2. The maximum absolute atomic E-state index is 11.7. The van der Waals surface area contributed by atoms with Crippen LogP contribution >= 0.6 is 11.8 Å². The predicted octanol–water partition coefficient (Wildman–Crippen LogP) is -0.0263. The first kappa shape index (κ1) is 18.1. The molecule has 3 amide bonds. The summed E-state index contributed by atoms with van der Waals surface area (Å²) in [5, 5.41) is 9.31. The molecule has 7 nitrogen and oxygen atoms in total. The van der Waals surface area contributed by atoms with E-state index in [-0.39, 0.29) is 23.5 Å². The lowest BCUT2D eigenvalue weighted by Crippen LogP contribution is -2.42. The summed E-state index contributed by atoms with van der Waals surface area (Å²) >= 11 is 1.32. The third kappa shape index (κ3) is 6.02. The average molecular weight is 342 g/mol. The van der Waals surface area contributed by atoms with Crippen molar-refractivity contribution >= 4 is 29.5 Å². The molecule has 0 spiro atoms. The minimum atomic E-state index is -0.0991. The van der Waals surface area contributed by atoms with Gasteiger partial charge in [-0.1, -0.05) is 12.8 Å². The second kappa shape index (κ2) is 9.12. The molecule has 0 bridgehead atoms. The summed E-state index contributed by atoms with van der Waals surface area (Å²) < 4.78 is 0. The minimum absolute atomic E-state index is 0.0130. The van der Waals surface area contributed by atoms with E-state index in [1.165, 1.54) is 24.6 Å². The smallest absolute Gasteiger partial charge is 0.238 e. The Hall–Kier alpha value is -1.28. The number of nitrogens with one attached hydrogen (secondary N) is 2. The summed E-state index contributed by atoms with van der Waals surface area (Å²) in [5.41, 5.74) is 0. The number of carbonyl (C=O) groups excluding carboxylic acids is 3. The maximum Gasteiger partial charge on any atom is 0.238 e. The number of amides is 3. The molecule has 1 aliphatic heterocycles. The summed E-state index contributed by atoms with van der Waals surface area (Å²) in [5.74, 6) is 0.593. The highest BCUT2D eigenvalue weighted by Crippen LogP contribution is 2.17. The van der Waals surface area contributed by atoms with Gasteiger partial charge < -0.3 is 10.6 Å². The van der Waals surface area contributed by atoms with Crippen LogP contribution in [-0.2, 0) is 14.4 Å². The highest BCUT2D eigenvalue weighted by molar-refractivity contribution is 8.00. The molecule has 1 heterocycles. The predicted molar refractivity (Wildman–Crippen MR) is 89.7 cm³/mol. The Bertz CT molecular complexity index is 440. The lowest BCUT2D eigenvalue weighted by molar-refractivity contribution is -0.136. The van der Waals surface area contributed by atoms with Crippen molar-refractivity contribution in [3.8, 4) is 0 Å². The standard InChI is InChI=1S/C15H26N4O3S/c1-18-8-6-15(22)19(18)9-7-16-13(20)10-23-11-14(21)17-12-4-2-3-5-12/h12H,2-11H2,1H3,(H,16,20)(H,17,21). The zero-order valence-corrected chi connectivity index (χ0v) is 14.5. The molecular weight excluding hydrogens is 316 g/mol. The van der Waals surface area contributed by atoms with Crippen LogP contribution in [-0.4, -0.2) is 72.0 Å². The molecule has 8 heteroatoms. The summed E-state index contributed by atoms with van der Waals surface area (Å²) in [6, 6.07) is 0.326. The molecule has 2 rings (SSSR count). The molecular formula is C15H26N4O3S. The van der Waals surface area contributed by atoms with Crippen LogP contribution in [0.3, 0.4) is 0 Å². The van der Waals surface area contributed by atoms with Crippen LogP contribution in [0.1, 0.15) is 32.1 Å². The van der Waals surface area contributed by atoms with Gasteiger partial charge in [-0.2, -0.15) is 0 Å². The van der Waals surface area contributed by atoms with Crippen LogP contribution in [0, 0.1) is 0 Å². The van der Waals surface area contributed by atoms with E-state index >= 15 is 0 Å². The molecule has 1 saturated carbocycles. The van der Waals surface area contributed by atoms with Gasteiger partial charge in [0, 0.05) is 32.6 Å². The van der Waals surface area contributed by atoms with Crippen LogP contribution in [0.2, 0.25) is 0 Å². The van der Waals surface area contributed by atoms with Crippen LogP contribution < -0.4 is 10.6 Å². The van der Waals surface area contributed by atoms with Gasteiger partial charge in [-0.3, -0.25) is 19.4 Å². The van der Waals surface area contributed by atoms with Crippen LogP contribution in [0.25, 0.3) is 0 Å². The zero-order chi connectivity index (χ0) is 16.7. The van der Waals surface area contributed by atoms with Gasteiger partial charge in [0.2, 0.25) is 17.7 Å². The maximum atomic E-state index is 11.7. The van der Waals surface area contributed by atoms with Gasteiger partial charge in [0.15, 0.2) is 0 Å². The van der Waals surface area contributed by atoms with Crippen molar-refractivity contribution in [2.24, 2.45) is 0 Å². The molecule has 0 radical (unpaired) electrons. The Morgan fingerprint density at radius 1 is 1.22 bits per heavy atom. The fourth-order valence-corrected chi connectivity index (χ4v) is 3.58. The monoisotopic (exact) mass is 342 g/mol. The highest BCUT2D eigenvalue weighted by Gasteiger charge is 2.25. The topological polar surface area (TPSA) is 81.8 Å². The van der Waals surface area contributed by atoms with Gasteiger partial charge in [-0.15, -0.1) is 11.8 Å². The van der Waals surface area contributed by atoms with E-state index in [9.17, 15) is 14.4 Å². The quantitative estimate of drug-likeness (QED) is 0.648. The van der Waals surface area contributed by atoms with Gasteiger partial charge in [0.25, 0.3) is 0 Å². The van der Waals surface area contributed by atoms with E-state index in [4.69, 9.17) is 0 Å². The Labute approximate surface area is 141 Å². The summed E-state index contributed by atoms with van der Waals surface area (Å²) in [4.78, 5) is 35.0. The Morgan fingerprint density at radius 2 is 1.91 bits per heavy atom. The van der Waals surface area contributed by atoms with E-state index in [0.717, 1.165) is 19.4 Å². The van der Waals surface area contributed by atoms with Gasteiger partial charge in [0.05, 0.1) is 18.1 Å². The molecule has 23 heavy (non-hydrogen) atoms. The van der Waals surface area contributed by atoms with Crippen LogP contribution in [0.15, 0.2) is 0 Å². The SMILES string of the molecule is CN1CCC(=O)N1CCNC(=O)CSCC(=O)NC1CCCC1. The fourth-order valence-electron chi connectivity index (χ4n) is 2.92. The normalized spacial score (nSPS) is 19.3. The summed E-state index contributed by atoms with van der Waals surface area (Å²) in [6.07, 6.45) is 5.06. The molecule has 2 fully saturated rings. The molecule has 0 atom stereocenters. The number of nitrogens with zero attached hydrogens (tertiary/aromatic N) is 2. The third-order valence-electron chi connectivity index (χ3n) is 4.18. The molecule has 0 aromatic carbocycles. The van der Waals surface area contributed by atoms with Crippen molar-refractivity contribution in [3.63, 3.8) is 0 Å². The zero-order valence-electron chi connectivity index (χ0n) is 13.7. The van der Waals surface area contributed by atoms with Crippen LogP contribution in [0.4, 0.5) is 0 Å². The van der Waals surface area contributed by atoms with E-state index < -0.39 is 0 Å². The Kier molecular flexibility index (Phi) is 7.16. The van der Waals surface area contributed by atoms with Gasteiger partial charge in [-0.25, -0.2) is 5.01 Å². The molecule has 1 aliphatic carbocycles. The number of rotatable bonds is 8. The van der Waals surface area contributed by atoms with E-state index in [2.05, 4.69) is 10.6 Å². The summed E-state index contributed by atoms with van der Waals surface area (Å²) in [7, 11) is 1.87. The first-order valence-electron chi connectivity index (χ1n) is 8.21. The highest BCUT2D eigenvalue weighted by atomic mass is 32.2. The number of hydrogen-bond donors (Lipinski definition) is 2. The van der Waals surface area contributed by atoms with E-state index in [1.807, 2.05) is 12.1 Å². The fraction of sp³-hybridized carbons (Fsp3) is 0.800.